The maximum absolute atomic E-state index is 3.25. The minimum atomic E-state index is -0.250. The first-order valence-electron chi connectivity index (χ1n) is 2.73. The number of unbranched alkanes of at least 4 members (excludes halogenated alkanes) is 2. The Labute approximate surface area is 73.1 Å². The third-order valence-corrected chi connectivity index (χ3v) is 0.577. The Morgan fingerprint density at radius 1 is 1.50 bits per heavy atom. The zero-order chi connectivity index (χ0) is 6.83. The Kier molecular flexibility index (Phi) is 24.3. The van der Waals surface area contributed by atoms with Gasteiger partial charge in [-0.3, -0.25) is 0 Å². The Morgan fingerprint density at radius 2 is 1.88 bits per heavy atom. The molecule has 3 heteroatoms. The summed E-state index contributed by atoms with van der Waals surface area (Å²) in [5.74, 6) is 0. The van der Waals surface area contributed by atoms with Gasteiger partial charge in [0, 0.05) is 0 Å². The van der Waals surface area contributed by atoms with Crippen LogP contribution in [0.15, 0.2) is 0 Å². The van der Waals surface area contributed by atoms with Gasteiger partial charge < -0.3 is 0 Å². The third-order valence-electron chi connectivity index (χ3n) is 0.577. The Balaban J connectivity index is 0. The molecule has 0 aliphatic heterocycles. The molecular formula is C5H11Br2Zn. The van der Waals surface area contributed by atoms with Crippen molar-refractivity contribution in [2.45, 2.75) is 26.7 Å². The van der Waals surface area contributed by atoms with Crippen LogP contribution < -0.4 is 0 Å². The van der Waals surface area contributed by atoms with Gasteiger partial charge in [0.15, 0.2) is 0 Å². The van der Waals surface area contributed by atoms with Crippen LogP contribution in [-0.4, -0.2) is 0 Å². The Hall–Kier alpha value is 1.58. The van der Waals surface area contributed by atoms with E-state index < -0.39 is 0 Å². The first-order valence-corrected chi connectivity index (χ1v) is 16.6. The van der Waals surface area contributed by atoms with Gasteiger partial charge in [-0.2, -0.15) is 0 Å². The Bertz CT molecular complexity index is 24.4. The molecule has 47 valence electrons. The van der Waals surface area contributed by atoms with Crippen LogP contribution in [0.5, 0.6) is 0 Å². The molecule has 0 atom stereocenters. The Morgan fingerprint density at radius 3 is 1.88 bits per heavy atom. The second-order valence-corrected chi connectivity index (χ2v) is 15.4. The molecule has 0 spiro atoms. The molecule has 0 rings (SSSR count). The van der Waals surface area contributed by atoms with Crippen LogP contribution >= 0.6 is 27.2 Å². The molecule has 0 aromatic heterocycles. The molecule has 0 N–H and O–H groups in total. The zero-order valence-electron chi connectivity index (χ0n) is 5.45. The average Bonchev–Trinajstić information content (AvgIpc) is 1.71. The number of halogens is 2. The van der Waals surface area contributed by atoms with Gasteiger partial charge in [-0.05, 0) is 6.42 Å². The van der Waals surface area contributed by atoms with Crippen molar-refractivity contribution >= 4 is 27.2 Å². The molecule has 0 saturated heterocycles. The summed E-state index contributed by atoms with van der Waals surface area (Å²) in [5, 5.41) is 0. The van der Waals surface area contributed by atoms with Gasteiger partial charge in [0.1, 0.15) is 0 Å². The fourth-order valence-corrected chi connectivity index (χ4v) is 0.289. The van der Waals surface area contributed by atoms with Crippen LogP contribution in [0.2, 0.25) is 0 Å². The van der Waals surface area contributed by atoms with Gasteiger partial charge in [-0.15, -0.1) is 0 Å². The first-order chi connectivity index (χ1) is 3.83. The van der Waals surface area contributed by atoms with E-state index in [0.29, 0.717) is 0 Å². The van der Waals surface area contributed by atoms with Crippen molar-refractivity contribution in [3.8, 4) is 0 Å². The van der Waals surface area contributed by atoms with E-state index in [2.05, 4.69) is 47.5 Å². The molecule has 0 aliphatic rings. The summed E-state index contributed by atoms with van der Waals surface area (Å²) in [6.45, 7) is 4.27. The van der Waals surface area contributed by atoms with Gasteiger partial charge >= 0.3 is 40.5 Å². The van der Waals surface area contributed by atoms with Crippen molar-refractivity contribution in [2.24, 2.45) is 0 Å². The summed E-state index contributed by atoms with van der Waals surface area (Å²) in [5.41, 5.74) is 0. The SMILES string of the molecule is C[CH]CCC.[Br][Zn][Br]. The van der Waals surface area contributed by atoms with Crippen LogP contribution in [0.4, 0.5) is 0 Å². The van der Waals surface area contributed by atoms with Crippen LogP contribution in [-0.2, 0) is 13.2 Å². The quantitative estimate of drug-likeness (QED) is 0.682. The van der Waals surface area contributed by atoms with E-state index in [1.54, 1.807) is 0 Å². The fraction of sp³-hybridized carbons (Fsp3) is 0.800. The number of hydrogen-bond donors (Lipinski definition) is 0. The average molecular weight is 296 g/mol. The molecule has 0 bridgehead atoms. The van der Waals surface area contributed by atoms with Crippen molar-refractivity contribution in [3.63, 3.8) is 0 Å². The molecule has 0 aromatic rings. The molecule has 0 aromatic carbocycles. The van der Waals surface area contributed by atoms with E-state index in [4.69, 9.17) is 0 Å². The van der Waals surface area contributed by atoms with Crippen molar-refractivity contribution in [1.29, 1.82) is 0 Å². The van der Waals surface area contributed by atoms with E-state index in [9.17, 15) is 0 Å². The van der Waals surface area contributed by atoms with Crippen molar-refractivity contribution < 1.29 is 13.2 Å². The predicted molar refractivity (Wildman–Crippen MR) is 42.7 cm³/mol. The third kappa shape index (κ3) is 25.6. The molecule has 1 radical (unpaired) electrons. The molecule has 8 heavy (non-hydrogen) atoms. The standard InChI is InChI=1S/C5H11.2BrH.Zn/c1-3-5-4-2;;;/h3H,4-5H2,1-2H3;2*1H;/q;;;+2/p-2. The van der Waals surface area contributed by atoms with E-state index in [1.165, 1.54) is 12.8 Å². The first kappa shape index (κ1) is 12.3. The van der Waals surface area contributed by atoms with Crippen molar-refractivity contribution in [2.75, 3.05) is 0 Å². The van der Waals surface area contributed by atoms with Gasteiger partial charge in [-0.1, -0.05) is 26.7 Å². The maximum atomic E-state index is 3.25. The molecule has 0 nitrogen and oxygen atoms in total. The number of hydrogen-bond acceptors (Lipinski definition) is 0. The molecule has 0 amide bonds. The van der Waals surface area contributed by atoms with Crippen LogP contribution in [0.3, 0.4) is 0 Å². The van der Waals surface area contributed by atoms with Gasteiger partial charge in [0.25, 0.3) is 0 Å². The minimum absolute atomic E-state index is 0.250. The van der Waals surface area contributed by atoms with E-state index in [0.717, 1.165) is 0 Å². The van der Waals surface area contributed by atoms with Crippen molar-refractivity contribution in [3.05, 3.63) is 6.42 Å². The normalized spacial score (nSPS) is 6.50. The van der Waals surface area contributed by atoms with Gasteiger partial charge in [-0.25, -0.2) is 0 Å². The molecular weight excluding hydrogens is 285 g/mol. The van der Waals surface area contributed by atoms with Crippen LogP contribution in [0, 0.1) is 6.42 Å². The second kappa shape index (κ2) is 15.8. The van der Waals surface area contributed by atoms with Crippen LogP contribution in [0.1, 0.15) is 26.7 Å². The van der Waals surface area contributed by atoms with E-state index in [1.807, 2.05) is 0 Å². The predicted octanol–water partition coefficient (Wildman–Crippen LogP) is 3.70. The van der Waals surface area contributed by atoms with Gasteiger partial charge in [0.2, 0.25) is 0 Å². The summed E-state index contributed by atoms with van der Waals surface area (Å²) < 4.78 is 0. The van der Waals surface area contributed by atoms with Crippen molar-refractivity contribution in [1.82, 2.24) is 0 Å². The van der Waals surface area contributed by atoms with Gasteiger partial charge in [0.05, 0.1) is 0 Å². The molecule has 0 unspecified atom stereocenters. The zero-order valence-corrected chi connectivity index (χ0v) is 11.6. The summed E-state index contributed by atoms with van der Waals surface area (Å²) >= 11 is 6.25. The topological polar surface area (TPSA) is 0 Å². The summed E-state index contributed by atoms with van der Waals surface area (Å²) in [6, 6.07) is 0. The molecule has 0 heterocycles. The fourth-order valence-electron chi connectivity index (χ4n) is 0.289. The van der Waals surface area contributed by atoms with Crippen LogP contribution in [0.25, 0.3) is 0 Å². The monoisotopic (exact) mass is 293 g/mol. The molecule has 0 saturated carbocycles. The van der Waals surface area contributed by atoms with E-state index in [-0.39, 0.29) is 13.2 Å². The molecule has 0 fully saturated rings. The summed E-state index contributed by atoms with van der Waals surface area (Å²) in [4.78, 5) is 0. The molecule has 0 aliphatic carbocycles. The summed E-state index contributed by atoms with van der Waals surface area (Å²) in [7, 11) is 0. The van der Waals surface area contributed by atoms with E-state index >= 15 is 0 Å². The second-order valence-electron chi connectivity index (χ2n) is 1.30. The number of rotatable bonds is 2. The summed E-state index contributed by atoms with van der Waals surface area (Å²) in [6.07, 6.45) is 4.73.